The summed E-state index contributed by atoms with van der Waals surface area (Å²) in [5.41, 5.74) is 3.47. The van der Waals surface area contributed by atoms with E-state index in [0.717, 1.165) is 35.5 Å². The molecule has 1 aliphatic rings. The number of nitrogens with one attached hydrogen (secondary N) is 1. The minimum absolute atomic E-state index is 0.0380. The zero-order valence-electron chi connectivity index (χ0n) is 16.1. The molecule has 0 aromatic heterocycles. The van der Waals surface area contributed by atoms with Gasteiger partial charge in [-0.1, -0.05) is 12.1 Å². The molecule has 0 aliphatic carbocycles. The maximum absolute atomic E-state index is 12.5. The Labute approximate surface area is 160 Å². The molecule has 6 nitrogen and oxygen atoms in total. The summed E-state index contributed by atoms with van der Waals surface area (Å²) in [5, 5.41) is 3.01. The predicted octanol–water partition coefficient (Wildman–Crippen LogP) is 3.02. The van der Waals surface area contributed by atoms with Crippen molar-refractivity contribution in [2.24, 2.45) is 0 Å². The fraction of sp³-hybridized carbons (Fsp3) is 0.381. The summed E-state index contributed by atoms with van der Waals surface area (Å²) in [6, 6.07) is 11.8. The Morgan fingerprint density at radius 3 is 2.30 bits per heavy atom. The molecule has 0 saturated carbocycles. The highest BCUT2D eigenvalue weighted by molar-refractivity contribution is 5.74. The molecule has 27 heavy (non-hydrogen) atoms. The number of benzene rings is 2. The lowest BCUT2D eigenvalue weighted by atomic mass is 9.99. The van der Waals surface area contributed by atoms with Crippen molar-refractivity contribution < 1.29 is 19.0 Å². The maximum atomic E-state index is 12.5. The second-order valence-corrected chi connectivity index (χ2v) is 6.48. The van der Waals surface area contributed by atoms with Gasteiger partial charge in [-0.15, -0.1) is 0 Å². The van der Waals surface area contributed by atoms with Gasteiger partial charge in [-0.05, 0) is 53.8 Å². The summed E-state index contributed by atoms with van der Waals surface area (Å²) in [6.07, 6.45) is 1.59. The SMILES string of the molecule is COc1ccc(CCNC(=O)N2CCc3cc(OC)c(OC)cc3C2)cc1. The number of hydrogen-bond acceptors (Lipinski definition) is 4. The molecular weight excluding hydrogens is 344 g/mol. The number of nitrogens with zero attached hydrogens (tertiary/aromatic N) is 1. The topological polar surface area (TPSA) is 60.0 Å². The molecule has 0 radical (unpaired) electrons. The van der Waals surface area contributed by atoms with Gasteiger partial charge in [0.2, 0.25) is 0 Å². The average molecular weight is 370 g/mol. The molecule has 3 rings (SSSR count). The number of carbonyl (C=O) groups excluding carboxylic acids is 1. The van der Waals surface area contributed by atoms with Gasteiger partial charge in [0, 0.05) is 19.6 Å². The molecule has 0 bridgehead atoms. The normalized spacial score (nSPS) is 12.9. The van der Waals surface area contributed by atoms with E-state index in [0.29, 0.717) is 25.4 Å². The Hall–Kier alpha value is -2.89. The summed E-state index contributed by atoms with van der Waals surface area (Å²) in [6.45, 7) is 1.86. The first-order valence-electron chi connectivity index (χ1n) is 9.04. The Kier molecular flexibility index (Phi) is 6.06. The minimum atomic E-state index is -0.0380. The van der Waals surface area contributed by atoms with Crippen LogP contribution in [0.3, 0.4) is 0 Å². The lowest BCUT2D eigenvalue weighted by Gasteiger charge is -2.29. The first-order valence-corrected chi connectivity index (χ1v) is 9.04. The van der Waals surface area contributed by atoms with Crippen molar-refractivity contribution in [1.29, 1.82) is 0 Å². The van der Waals surface area contributed by atoms with Gasteiger partial charge in [0.1, 0.15) is 5.75 Å². The Morgan fingerprint density at radius 1 is 1.00 bits per heavy atom. The Bertz CT molecular complexity index is 790. The summed E-state index contributed by atoms with van der Waals surface area (Å²) in [7, 11) is 4.91. The smallest absolute Gasteiger partial charge is 0.317 e. The van der Waals surface area contributed by atoms with E-state index >= 15 is 0 Å². The van der Waals surface area contributed by atoms with Gasteiger partial charge in [-0.25, -0.2) is 4.79 Å². The van der Waals surface area contributed by atoms with Crippen LogP contribution in [0.2, 0.25) is 0 Å². The van der Waals surface area contributed by atoms with Gasteiger partial charge >= 0.3 is 6.03 Å². The first kappa shape index (κ1) is 18.9. The molecule has 1 heterocycles. The van der Waals surface area contributed by atoms with Crippen molar-refractivity contribution in [3.05, 3.63) is 53.1 Å². The summed E-state index contributed by atoms with van der Waals surface area (Å²) in [5.74, 6) is 2.26. The molecule has 0 spiro atoms. The second kappa shape index (κ2) is 8.66. The molecule has 2 aromatic carbocycles. The number of rotatable bonds is 6. The summed E-state index contributed by atoms with van der Waals surface area (Å²) >= 11 is 0. The van der Waals surface area contributed by atoms with Crippen LogP contribution in [0.25, 0.3) is 0 Å². The molecule has 0 atom stereocenters. The van der Waals surface area contributed by atoms with Gasteiger partial charge in [0.05, 0.1) is 21.3 Å². The van der Waals surface area contributed by atoms with Crippen LogP contribution in [0.5, 0.6) is 17.2 Å². The van der Waals surface area contributed by atoms with Crippen LogP contribution in [0.15, 0.2) is 36.4 Å². The Morgan fingerprint density at radius 2 is 1.67 bits per heavy atom. The molecule has 1 aliphatic heterocycles. The first-order chi connectivity index (χ1) is 13.1. The third kappa shape index (κ3) is 4.45. The monoisotopic (exact) mass is 370 g/mol. The lowest BCUT2D eigenvalue weighted by Crippen LogP contribution is -2.43. The highest BCUT2D eigenvalue weighted by atomic mass is 16.5. The van der Waals surface area contributed by atoms with Gasteiger partial charge in [-0.2, -0.15) is 0 Å². The van der Waals surface area contributed by atoms with E-state index in [1.54, 1.807) is 21.3 Å². The van der Waals surface area contributed by atoms with Crippen molar-refractivity contribution in [2.75, 3.05) is 34.4 Å². The van der Waals surface area contributed by atoms with E-state index < -0.39 is 0 Å². The van der Waals surface area contributed by atoms with E-state index in [9.17, 15) is 4.79 Å². The van der Waals surface area contributed by atoms with E-state index in [4.69, 9.17) is 14.2 Å². The average Bonchev–Trinajstić information content (AvgIpc) is 2.72. The number of carbonyl (C=O) groups is 1. The van der Waals surface area contributed by atoms with Gasteiger partial charge < -0.3 is 24.4 Å². The van der Waals surface area contributed by atoms with Gasteiger partial charge in [-0.3, -0.25) is 0 Å². The predicted molar refractivity (Wildman–Crippen MR) is 104 cm³/mol. The van der Waals surface area contributed by atoms with Crippen molar-refractivity contribution in [2.45, 2.75) is 19.4 Å². The highest BCUT2D eigenvalue weighted by Crippen LogP contribution is 2.33. The van der Waals surface area contributed by atoms with Gasteiger partial charge in [0.25, 0.3) is 0 Å². The molecule has 2 amide bonds. The molecular formula is C21H26N2O4. The fourth-order valence-electron chi connectivity index (χ4n) is 3.27. The minimum Gasteiger partial charge on any atom is -0.497 e. The van der Waals surface area contributed by atoms with Crippen molar-refractivity contribution in [1.82, 2.24) is 10.2 Å². The number of amides is 2. The zero-order valence-corrected chi connectivity index (χ0v) is 16.1. The van der Waals surface area contributed by atoms with Crippen molar-refractivity contribution >= 4 is 6.03 Å². The number of hydrogen-bond donors (Lipinski definition) is 1. The molecule has 0 saturated heterocycles. The second-order valence-electron chi connectivity index (χ2n) is 6.48. The molecule has 0 fully saturated rings. The number of methoxy groups -OCH3 is 3. The summed E-state index contributed by atoms with van der Waals surface area (Å²) in [4.78, 5) is 14.4. The van der Waals surface area contributed by atoms with Crippen molar-refractivity contribution in [3.8, 4) is 17.2 Å². The molecule has 144 valence electrons. The number of fused-ring (bicyclic) bond motifs is 1. The van der Waals surface area contributed by atoms with E-state index in [1.807, 2.05) is 41.3 Å². The van der Waals surface area contributed by atoms with E-state index in [2.05, 4.69) is 5.32 Å². The lowest BCUT2D eigenvalue weighted by molar-refractivity contribution is 0.192. The van der Waals surface area contributed by atoms with Crippen LogP contribution in [0.4, 0.5) is 4.79 Å². The van der Waals surface area contributed by atoms with Crippen LogP contribution in [-0.4, -0.2) is 45.3 Å². The molecule has 2 aromatic rings. The zero-order chi connectivity index (χ0) is 19.2. The third-order valence-corrected chi connectivity index (χ3v) is 4.85. The Balaban J connectivity index is 1.55. The number of urea groups is 1. The quantitative estimate of drug-likeness (QED) is 0.849. The van der Waals surface area contributed by atoms with Crippen LogP contribution in [0, 0.1) is 0 Å². The van der Waals surface area contributed by atoms with Crippen LogP contribution >= 0.6 is 0 Å². The van der Waals surface area contributed by atoms with Crippen molar-refractivity contribution in [3.63, 3.8) is 0 Å². The van der Waals surface area contributed by atoms with Crippen LogP contribution < -0.4 is 19.5 Å². The maximum Gasteiger partial charge on any atom is 0.317 e. The standard InChI is InChI=1S/C21H26N2O4/c1-25-18-6-4-15(5-7-18)8-10-22-21(24)23-11-9-16-12-19(26-2)20(27-3)13-17(16)14-23/h4-7,12-13H,8-11,14H2,1-3H3,(H,22,24). The highest BCUT2D eigenvalue weighted by Gasteiger charge is 2.22. The third-order valence-electron chi connectivity index (χ3n) is 4.85. The van der Waals surface area contributed by atoms with E-state index in [-0.39, 0.29) is 6.03 Å². The largest absolute Gasteiger partial charge is 0.497 e. The fourth-order valence-corrected chi connectivity index (χ4v) is 3.27. The van der Waals surface area contributed by atoms with Crippen LogP contribution in [-0.2, 0) is 19.4 Å². The summed E-state index contributed by atoms with van der Waals surface area (Å²) < 4.78 is 15.9. The van der Waals surface area contributed by atoms with E-state index in [1.165, 1.54) is 5.56 Å². The van der Waals surface area contributed by atoms with Crippen LogP contribution in [0.1, 0.15) is 16.7 Å². The molecule has 1 N–H and O–H groups in total. The number of ether oxygens (including phenoxy) is 3. The molecule has 6 heteroatoms. The molecule has 0 unspecified atom stereocenters. The van der Waals surface area contributed by atoms with Gasteiger partial charge in [0.15, 0.2) is 11.5 Å².